The highest BCUT2D eigenvalue weighted by molar-refractivity contribution is 5.65. The fourth-order valence-electron chi connectivity index (χ4n) is 1.01. The third-order valence-electron chi connectivity index (χ3n) is 1.72. The predicted molar refractivity (Wildman–Crippen MR) is 57.6 cm³/mol. The topological polar surface area (TPSA) is 17.1 Å². The smallest absolute Gasteiger partial charge is 0.142 e. The molecule has 72 valence electrons. The largest absolute Gasteiger partial charge is 0.299 e. The van der Waals surface area contributed by atoms with Gasteiger partial charge in [-0.15, -0.1) is 6.58 Å². The van der Waals surface area contributed by atoms with Gasteiger partial charge in [0.2, 0.25) is 0 Å². The molecule has 0 heterocycles. The van der Waals surface area contributed by atoms with E-state index in [0.717, 1.165) is 19.1 Å². The van der Waals surface area contributed by atoms with Gasteiger partial charge in [-0.3, -0.25) is 4.79 Å². The van der Waals surface area contributed by atoms with Crippen molar-refractivity contribution < 1.29 is 4.79 Å². The molecule has 0 rings (SSSR count). The molecule has 1 heteroatoms. The Morgan fingerprint density at radius 2 is 1.69 bits per heavy atom. The maximum absolute atomic E-state index is 9.88. The van der Waals surface area contributed by atoms with Crippen LogP contribution in [0.25, 0.3) is 0 Å². The summed E-state index contributed by atoms with van der Waals surface area (Å²) in [6.07, 6.45) is 15.9. The second-order valence-electron chi connectivity index (χ2n) is 2.88. The highest BCUT2D eigenvalue weighted by Gasteiger charge is 1.83. The van der Waals surface area contributed by atoms with Gasteiger partial charge >= 0.3 is 0 Å². The van der Waals surface area contributed by atoms with Crippen molar-refractivity contribution in [2.75, 3.05) is 0 Å². The quantitative estimate of drug-likeness (QED) is 0.183. The lowest BCUT2D eigenvalue weighted by molar-refractivity contribution is -0.104. The van der Waals surface area contributed by atoms with E-state index < -0.39 is 0 Å². The number of hydrogen-bond donors (Lipinski definition) is 0. The fraction of sp³-hybridized carbons (Fsp3) is 0.417. The van der Waals surface area contributed by atoms with E-state index in [4.69, 9.17) is 0 Å². The summed E-state index contributed by atoms with van der Waals surface area (Å²) in [5.74, 6) is 0. The van der Waals surface area contributed by atoms with Crippen molar-refractivity contribution in [3.63, 3.8) is 0 Å². The number of carbonyl (C=O) groups excluding carboxylic acids is 1. The normalized spacial score (nSPS) is 11.1. The average molecular weight is 178 g/mol. The molecule has 0 aromatic carbocycles. The minimum absolute atomic E-state index is 0.786. The van der Waals surface area contributed by atoms with Crippen molar-refractivity contribution in [2.45, 2.75) is 32.1 Å². The Morgan fingerprint density at radius 1 is 0.923 bits per heavy atom. The van der Waals surface area contributed by atoms with Crippen molar-refractivity contribution in [3.8, 4) is 0 Å². The van der Waals surface area contributed by atoms with Gasteiger partial charge in [-0.25, -0.2) is 0 Å². The molecule has 0 aliphatic rings. The van der Waals surface area contributed by atoms with Gasteiger partial charge in [-0.2, -0.15) is 0 Å². The maximum atomic E-state index is 9.88. The molecule has 0 aromatic heterocycles. The lowest BCUT2D eigenvalue weighted by atomic mass is 10.1. The first-order valence-corrected chi connectivity index (χ1v) is 4.79. The summed E-state index contributed by atoms with van der Waals surface area (Å²) < 4.78 is 0. The van der Waals surface area contributed by atoms with E-state index >= 15 is 0 Å². The van der Waals surface area contributed by atoms with Gasteiger partial charge in [0.1, 0.15) is 6.29 Å². The summed E-state index contributed by atoms with van der Waals surface area (Å²) >= 11 is 0. The monoisotopic (exact) mass is 178 g/mol. The standard InChI is InChI=1S/C12H18O/c1-2-3-4-5-6-7-8-9-10-11-12-13/h2,8-12H,1,3-7H2/b9-8-,11-10+. The molecule has 0 atom stereocenters. The van der Waals surface area contributed by atoms with Gasteiger partial charge in [0.15, 0.2) is 0 Å². The number of hydrogen-bond acceptors (Lipinski definition) is 1. The molecule has 0 aliphatic carbocycles. The Labute approximate surface area is 80.8 Å². The number of unbranched alkanes of at least 4 members (excludes halogenated alkanes) is 4. The van der Waals surface area contributed by atoms with E-state index in [9.17, 15) is 4.79 Å². The first kappa shape index (κ1) is 11.9. The molecule has 0 saturated heterocycles. The predicted octanol–water partition coefficient (Wildman–Crippen LogP) is 3.43. The van der Waals surface area contributed by atoms with Crippen LogP contribution < -0.4 is 0 Å². The summed E-state index contributed by atoms with van der Waals surface area (Å²) in [4.78, 5) is 9.88. The van der Waals surface area contributed by atoms with Gasteiger partial charge in [-0.05, 0) is 31.8 Å². The number of allylic oxidation sites excluding steroid dienone is 5. The lowest BCUT2D eigenvalue weighted by Crippen LogP contribution is -1.73. The molecular weight excluding hydrogens is 160 g/mol. The molecule has 0 amide bonds. The van der Waals surface area contributed by atoms with Crippen molar-refractivity contribution in [2.24, 2.45) is 0 Å². The minimum Gasteiger partial charge on any atom is -0.299 e. The van der Waals surface area contributed by atoms with Crippen LogP contribution in [0.15, 0.2) is 37.0 Å². The zero-order valence-electron chi connectivity index (χ0n) is 8.11. The van der Waals surface area contributed by atoms with Crippen LogP contribution in [0, 0.1) is 0 Å². The summed E-state index contributed by atoms with van der Waals surface area (Å²) in [6.45, 7) is 3.67. The molecular formula is C12H18O. The molecule has 0 saturated carbocycles. The van der Waals surface area contributed by atoms with Gasteiger partial charge in [-0.1, -0.05) is 30.7 Å². The van der Waals surface area contributed by atoms with Crippen molar-refractivity contribution in [1.29, 1.82) is 0 Å². The number of carbonyl (C=O) groups is 1. The van der Waals surface area contributed by atoms with Crippen LogP contribution in [0.4, 0.5) is 0 Å². The van der Waals surface area contributed by atoms with Crippen molar-refractivity contribution in [3.05, 3.63) is 37.0 Å². The highest BCUT2D eigenvalue weighted by Crippen LogP contribution is 2.03. The first-order valence-electron chi connectivity index (χ1n) is 4.79. The Morgan fingerprint density at radius 3 is 2.38 bits per heavy atom. The van der Waals surface area contributed by atoms with E-state index in [2.05, 4.69) is 12.7 Å². The third-order valence-corrected chi connectivity index (χ3v) is 1.72. The molecule has 1 nitrogen and oxygen atoms in total. The van der Waals surface area contributed by atoms with E-state index in [1.807, 2.05) is 12.2 Å². The molecule has 13 heavy (non-hydrogen) atoms. The van der Waals surface area contributed by atoms with Crippen LogP contribution in [-0.4, -0.2) is 6.29 Å². The molecule has 0 fully saturated rings. The zero-order chi connectivity index (χ0) is 9.78. The molecule has 0 N–H and O–H groups in total. The Balaban J connectivity index is 3.14. The number of aldehydes is 1. The average Bonchev–Trinajstić information content (AvgIpc) is 2.16. The summed E-state index contributed by atoms with van der Waals surface area (Å²) in [7, 11) is 0. The SMILES string of the molecule is C=CCCCCC/C=C\C=C\C=O. The van der Waals surface area contributed by atoms with E-state index in [1.165, 1.54) is 25.3 Å². The Bertz CT molecular complexity index is 178. The lowest BCUT2D eigenvalue weighted by Gasteiger charge is -1.93. The zero-order valence-corrected chi connectivity index (χ0v) is 8.11. The molecule has 0 spiro atoms. The summed E-state index contributed by atoms with van der Waals surface area (Å²) in [5.41, 5.74) is 0. The van der Waals surface area contributed by atoms with Crippen LogP contribution >= 0.6 is 0 Å². The van der Waals surface area contributed by atoms with Crippen LogP contribution in [0.3, 0.4) is 0 Å². The van der Waals surface area contributed by atoms with Gasteiger partial charge in [0.05, 0.1) is 0 Å². The fourth-order valence-corrected chi connectivity index (χ4v) is 1.01. The second kappa shape index (κ2) is 10.9. The van der Waals surface area contributed by atoms with Crippen molar-refractivity contribution in [1.82, 2.24) is 0 Å². The van der Waals surface area contributed by atoms with Crippen LogP contribution in [0.5, 0.6) is 0 Å². The van der Waals surface area contributed by atoms with Crippen LogP contribution in [-0.2, 0) is 4.79 Å². The summed E-state index contributed by atoms with van der Waals surface area (Å²) in [5, 5.41) is 0. The molecule has 0 aromatic rings. The third kappa shape index (κ3) is 10.9. The Kier molecular flexibility index (Phi) is 9.96. The molecule has 0 bridgehead atoms. The number of rotatable bonds is 8. The Hall–Kier alpha value is -1.11. The highest BCUT2D eigenvalue weighted by atomic mass is 16.1. The molecule has 0 radical (unpaired) electrons. The maximum Gasteiger partial charge on any atom is 0.142 e. The first-order chi connectivity index (χ1) is 6.41. The second-order valence-corrected chi connectivity index (χ2v) is 2.88. The molecule has 0 unspecified atom stereocenters. The van der Waals surface area contributed by atoms with Crippen LogP contribution in [0.2, 0.25) is 0 Å². The minimum atomic E-state index is 0.786. The van der Waals surface area contributed by atoms with Gasteiger partial charge < -0.3 is 0 Å². The van der Waals surface area contributed by atoms with Crippen LogP contribution in [0.1, 0.15) is 32.1 Å². The van der Waals surface area contributed by atoms with Gasteiger partial charge in [0, 0.05) is 0 Å². The summed E-state index contributed by atoms with van der Waals surface area (Å²) in [6, 6.07) is 0. The van der Waals surface area contributed by atoms with Gasteiger partial charge in [0.25, 0.3) is 0 Å². The van der Waals surface area contributed by atoms with E-state index in [0.29, 0.717) is 0 Å². The van der Waals surface area contributed by atoms with E-state index in [1.54, 1.807) is 6.08 Å². The molecule has 0 aliphatic heterocycles. The van der Waals surface area contributed by atoms with E-state index in [-0.39, 0.29) is 0 Å². The van der Waals surface area contributed by atoms with Crippen molar-refractivity contribution >= 4 is 6.29 Å².